The second kappa shape index (κ2) is 8.43. The molecule has 0 saturated carbocycles. The first-order valence-electron chi connectivity index (χ1n) is 7.40. The van der Waals surface area contributed by atoms with Gasteiger partial charge in [0.15, 0.2) is 11.5 Å². The molecule has 2 N–H and O–H groups in total. The lowest BCUT2D eigenvalue weighted by atomic mass is 10.2. The number of benzene rings is 1. The van der Waals surface area contributed by atoms with Crippen molar-refractivity contribution < 1.29 is 14.3 Å². The zero-order valence-corrected chi connectivity index (χ0v) is 14.4. The Morgan fingerprint density at radius 1 is 1.22 bits per heavy atom. The molecule has 1 heterocycles. The van der Waals surface area contributed by atoms with E-state index in [9.17, 15) is 4.79 Å². The highest BCUT2D eigenvalue weighted by molar-refractivity contribution is 7.09. The second-order valence-electron chi connectivity index (χ2n) is 5.20. The van der Waals surface area contributed by atoms with Crippen molar-refractivity contribution in [1.29, 1.82) is 0 Å². The molecule has 5 nitrogen and oxygen atoms in total. The van der Waals surface area contributed by atoms with Crippen LogP contribution in [0, 0.1) is 0 Å². The van der Waals surface area contributed by atoms with E-state index in [4.69, 9.17) is 9.47 Å². The number of methoxy groups -OCH3 is 2. The van der Waals surface area contributed by atoms with Gasteiger partial charge in [-0.1, -0.05) is 12.1 Å². The summed E-state index contributed by atoms with van der Waals surface area (Å²) < 4.78 is 10.5. The Bertz CT molecular complexity index is 629. The first kappa shape index (κ1) is 17.1. The van der Waals surface area contributed by atoms with Gasteiger partial charge >= 0.3 is 6.03 Å². The molecule has 0 bridgehead atoms. The van der Waals surface area contributed by atoms with E-state index in [1.54, 1.807) is 25.6 Å². The van der Waals surface area contributed by atoms with Crippen molar-refractivity contribution in [1.82, 2.24) is 10.6 Å². The highest BCUT2D eigenvalue weighted by atomic mass is 32.1. The molecule has 0 unspecified atom stereocenters. The molecule has 0 saturated heterocycles. The number of ether oxygens (including phenoxy) is 2. The molecule has 0 fully saturated rings. The summed E-state index contributed by atoms with van der Waals surface area (Å²) in [6.07, 6.45) is 0.835. The highest BCUT2D eigenvalue weighted by Gasteiger charge is 2.09. The van der Waals surface area contributed by atoms with Crippen LogP contribution in [0.25, 0.3) is 0 Å². The first-order valence-corrected chi connectivity index (χ1v) is 8.28. The van der Waals surface area contributed by atoms with Crippen molar-refractivity contribution in [3.63, 3.8) is 0 Å². The van der Waals surface area contributed by atoms with Crippen LogP contribution in [0.4, 0.5) is 4.79 Å². The van der Waals surface area contributed by atoms with E-state index < -0.39 is 0 Å². The molecule has 1 aromatic heterocycles. The number of urea groups is 1. The van der Waals surface area contributed by atoms with E-state index in [2.05, 4.69) is 16.7 Å². The molecule has 0 aliphatic rings. The average Bonchev–Trinajstić information content (AvgIpc) is 3.05. The molecule has 1 atom stereocenters. The maximum absolute atomic E-state index is 12.0. The largest absolute Gasteiger partial charge is 0.493 e. The predicted octanol–water partition coefficient (Wildman–Crippen LogP) is 3.20. The highest BCUT2D eigenvalue weighted by Crippen LogP contribution is 2.27. The molecule has 6 heteroatoms. The number of nitrogens with one attached hydrogen (secondary N) is 2. The smallest absolute Gasteiger partial charge is 0.315 e. The number of amides is 2. The van der Waals surface area contributed by atoms with Crippen LogP contribution in [0.15, 0.2) is 35.7 Å². The number of hydrogen-bond acceptors (Lipinski definition) is 4. The third-order valence-corrected chi connectivity index (χ3v) is 4.26. The Morgan fingerprint density at radius 3 is 2.65 bits per heavy atom. The lowest BCUT2D eigenvalue weighted by Gasteiger charge is -2.14. The zero-order chi connectivity index (χ0) is 16.7. The number of carbonyl (C=O) groups is 1. The quantitative estimate of drug-likeness (QED) is 0.817. The van der Waals surface area contributed by atoms with Crippen molar-refractivity contribution in [2.45, 2.75) is 25.9 Å². The SMILES string of the molecule is COc1ccc(CNC(=O)N[C@H](C)Cc2cccs2)cc1OC. The molecular weight excluding hydrogens is 312 g/mol. The Hall–Kier alpha value is -2.21. The van der Waals surface area contributed by atoms with E-state index in [1.165, 1.54) is 4.88 Å². The van der Waals surface area contributed by atoms with Crippen molar-refractivity contribution in [3.05, 3.63) is 46.2 Å². The molecule has 2 amide bonds. The van der Waals surface area contributed by atoms with Crippen LogP contribution < -0.4 is 20.1 Å². The normalized spacial score (nSPS) is 11.6. The van der Waals surface area contributed by atoms with Crippen molar-refractivity contribution in [2.75, 3.05) is 14.2 Å². The summed E-state index contributed by atoms with van der Waals surface area (Å²) >= 11 is 1.70. The maximum atomic E-state index is 12.0. The van der Waals surface area contributed by atoms with E-state index >= 15 is 0 Å². The van der Waals surface area contributed by atoms with Crippen LogP contribution >= 0.6 is 11.3 Å². The van der Waals surface area contributed by atoms with Crippen molar-refractivity contribution >= 4 is 17.4 Å². The summed E-state index contributed by atoms with van der Waals surface area (Å²) in [5, 5.41) is 7.84. The molecular formula is C17H22N2O3S. The minimum Gasteiger partial charge on any atom is -0.493 e. The Labute approximate surface area is 140 Å². The number of thiophene rings is 1. The van der Waals surface area contributed by atoms with E-state index in [0.29, 0.717) is 18.0 Å². The zero-order valence-electron chi connectivity index (χ0n) is 13.6. The summed E-state index contributed by atoms with van der Waals surface area (Å²) in [6, 6.07) is 9.58. The molecule has 124 valence electrons. The van der Waals surface area contributed by atoms with Crippen molar-refractivity contribution in [2.24, 2.45) is 0 Å². The topological polar surface area (TPSA) is 59.6 Å². The molecule has 0 spiro atoms. The van der Waals surface area contributed by atoms with E-state index in [1.807, 2.05) is 36.6 Å². The number of hydrogen-bond donors (Lipinski definition) is 2. The summed E-state index contributed by atoms with van der Waals surface area (Å²) in [6.45, 7) is 2.42. The lowest BCUT2D eigenvalue weighted by molar-refractivity contribution is 0.237. The van der Waals surface area contributed by atoms with Gasteiger partial charge < -0.3 is 20.1 Å². The Morgan fingerprint density at radius 2 is 2.00 bits per heavy atom. The summed E-state index contributed by atoms with van der Waals surface area (Å²) in [7, 11) is 3.19. The molecule has 2 rings (SSSR count). The van der Waals surface area contributed by atoms with Crippen LogP contribution in [0.2, 0.25) is 0 Å². The van der Waals surface area contributed by atoms with E-state index in [0.717, 1.165) is 12.0 Å². The van der Waals surface area contributed by atoms with Crippen LogP contribution in [0.5, 0.6) is 11.5 Å². The Balaban J connectivity index is 1.82. The Kier molecular flexibility index (Phi) is 6.29. The van der Waals surface area contributed by atoms with Gasteiger partial charge in [0.25, 0.3) is 0 Å². The number of rotatable bonds is 7. The summed E-state index contributed by atoms with van der Waals surface area (Å²) in [5.41, 5.74) is 0.948. The third-order valence-electron chi connectivity index (χ3n) is 3.37. The van der Waals surface area contributed by atoms with Gasteiger partial charge in [-0.15, -0.1) is 11.3 Å². The first-order chi connectivity index (χ1) is 11.1. The van der Waals surface area contributed by atoms with E-state index in [-0.39, 0.29) is 12.1 Å². The van der Waals surface area contributed by atoms with Crippen LogP contribution in [-0.2, 0) is 13.0 Å². The molecule has 23 heavy (non-hydrogen) atoms. The fourth-order valence-electron chi connectivity index (χ4n) is 2.23. The predicted molar refractivity (Wildman–Crippen MR) is 92.4 cm³/mol. The van der Waals surface area contributed by atoms with Gasteiger partial charge in [-0.05, 0) is 36.1 Å². The van der Waals surface area contributed by atoms with Gasteiger partial charge in [0.2, 0.25) is 0 Å². The molecule has 1 aromatic carbocycles. The fraction of sp³-hybridized carbons (Fsp3) is 0.353. The van der Waals surface area contributed by atoms with Crippen LogP contribution in [0.1, 0.15) is 17.4 Å². The second-order valence-corrected chi connectivity index (χ2v) is 6.23. The monoisotopic (exact) mass is 334 g/mol. The van der Waals surface area contributed by atoms with Gasteiger partial charge in [-0.2, -0.15) is 0 Å². The average molecular weight is 334 g/mol. The minimum absolute atomic E-state index is 0.0825. The van der Waals surface area contributed by atoms with Gasteiger partial charge in [-0.3, -0.25) is 0 Å². The number of carbonyl (C=O) groups excluding carboxylic acids is 1. The molecule has 0 aliphatic heterocycles. The third kappa shape index (κ3) is 5.17. The molecule has 0 radical (unpaired) electrons. The van der Waals surface area contributed by atoms with Gasteiger partial charge in [0.05, 0.1) is 14.2 Å². The van der Waals surface area contributed by atoms with Crippen LogP contribution in [0.3, 0.4) is 0 Å². The minimum atomic E-state index is -0.177. The lowest BCUT2D eigenvalue weighted by Crippen LogP contribution is -2.41. The van der Waals surface area contributed by atoms with Crippen molar-refractivity contribution in [3.8, 4) is 11.5 Å². The summed E-state index contributed by atoms with van der Waals surface area (Å²) in [4.78, 5) is 13.2. The fourth-order valence-corrected chi connectivity index (χ4v) is 3.06. The maximum Gasteiger partial charge on any atom is 0.315 e. The molecule has 0 aliphatic carbocycles. The van der Waals surface area contributed by atoms with Gasteiger partial charge in [0.1, 0.15) is 0 Å². The summed E-state index contributed by atoms with van der Waals surface area (Å²) in [5.74, 6) is 1.32. The molecule has 2 aromatic rings. The van der Waals surface area contributed by atoms with Gasteiger partial charge in [0, 0.05) is 23.9 Å². The standard InChI is InChI=1S/C17H22N2O3S/c1-12(9-14-5-4-8-23-14)19-17(20)18-11-13-6-7-15(21-2)16(10-13)22-3/h4-8,10,12H,9,11H2,1-3H3,(H2,18,19,20)/t12-/m1/s1. The van der Waals surface area contributed by atoms with Crippen LogP contribution in [-0.4, -0.2) is 26.3 Å². The van der Waals surface area contributed by atoms with Gasteiger partial charge in [-0.25, -0.2) is 4.79 Å².